The molecule has 1 N–H and O–H groups in total. The molecule has 5 nitrogen and oxygen atoms in total. The van der Waals surface area contributed by atoms with Crippen LogP contribution in [0.15, 0.2) is 12.4 Å². The molecule has 0 saturated heterocycles. The highest BCUT2D eigenvalue weighted by Gasteiger charge is 2.05. The number of nitrogens with one attached hydrogen (secondary N) is 1. The minimum atomic E-state index is 0.751. The third-order valence-corrected chi connectivity index (χ3v) is 2.22. The molecule has 0 bridgehead atoms. The van der Waals surface area contributed by atoms with Gasteiger partial charge < -0.3 is 5.32 Å². The summed E-state index contributed by atoms with van der Waals surface area (Å²) >= 11 is 0. The van der Waals surface area contributed by atoms with Gasteiger partial charge in [0.25, 0.3) is 0 Å². The molecule has 82 valence electrons. The van der Waals surface area contributed by atoms with E-state index < -0.39 is 0 Å². The van der Waals surface area contributed by atoms with Gasteiger partial charge in [-0.05, 0) is 13.8 Å². The van der Waals surface area contributed by atoms with Gasteiger partial charge in [0.2, 0.25) is 5.65 Å². The topological polar surface area (TPSA) is 55.1 Å². The molecular formula is C11H13N5. The maximum atomic E-state index is 4.24. The summed E-state index contributed by atoms with van der Waals surface area (Å²) in [5.41, 5.74) is 0.754. The highest BCUT2D eigenvalue weighted by Crippen LogP contribution is 2.11. The quantitative estimate of drug-likeness (QED) is 0.618. The second kappa shape index (κ2) is 4.62. The number of aromatic nitrogens is 4. The van der Waals surface area contributed by atoms with E-state index in [2.05, 4.69) is 32.3 Å². The molecule has 2 aromatic rings. The summed E-state index contributed by atoms with van der Waals surface area (Å²) in [5.74, 6) is 7.45. The summed E-state index contributed by atoms with van der Waals surface area (Å²) in [7, 11) is 0. The lowest BCUT2D eigenvalue weighted by molar-refractivity contribution is 0.999. The molecule has 0 unspecified atom stereocenters. The molecule has 16 heavy (non-hydrogen) atoms. The number of hydrogen-bond acceptors (Lipinski definition) is 4. The van der Waals surface area contributed by atoms with Gasteiger partial charge in [-0.2, -0.15) is 0 Å². The van der Waals surface area contributed by atoms with Crippen molar-refractivity contribution < 1.29 is 0 Å². The van der Waals surface area contributed by atoms with Crippen molar-refractivity contribution in [1.29, 1.82) is 0 Å². The Labute approximate surface area is 93.9 Å². The molecule has 0 saturated carbocycles. The molecule has 0 aliphatic rings. The third kappa shape index (κ3) is 1.96. The minimum Gasteiger partial charge on any atom is -0.366 e. The van der Waals surface area contributed by atoms with Gasteiger partial charge in [-0.1, -0.05) is 0 Å². The van der Waals surface area contributed by atoms with Crippen LogP contribution in [0.2, 0.25) is 0 Å². The Hall–Kier alpha value is -2.09. The fraction of sp³-hybridized carbons (Fsp3) is 0.364. The van der Waals surface area contributed by atoms with Crippen molar-refractivity contribution in [3.05, 3.63) is 18.2 Å². The van der Waals surface area contributed by atoms with Gasteiger partial charge in [0.05, 0.1) is 0 Å². The first-order chi connectivity index (χ1) is 7.83. The molecule has 0 amide bonds. The maximum Gasteiger partial charge on any atom is 0.203 e. The van der Waals surface area contributed by atoms with Crippen LogP contribution in [0.4, 0.5) is 5.82 Å². The van der Waals surface area contributed by atoms with Crippen LogP contribution >= 0.6 is 0 Å². The summed E-state index contributed by atoms with van der Waals surface area (Å²) in [6.45, 7) is 4.51. The summed E-state index contributed by atoms with van der Waals surface area (Å²) in [5, 5.41) is 11.3. The zero-order valence-electron chi connectivity index (χ0n) is 9.36. The second-order valence-electron chi connectivity index (χ2n) is 3.32. The Balaban J connectivity index is 2.19. The van der Waals surface area contributed by atoms with Crippen molar-refractivity contribution in [2.75, 3.05) is 11.9 Å². The van der Waals surface area contributed by atoms with Crippen molar-refractivity contribution in [1.82, 2.24) is 19.6 Å². The molecule has 0 radical (unpaired) electrons. The highest BCUT2D eigenvalue weighted by molar-refractivity contribution is 5.61. The first-order valence-corrected chi connectivity index (χ1v) is 5.12. The Morgan fingerprint density at radius 2 is 2.31 bits per heavy atom. The zero-order chi connectivity index (χ0) is 11.4. The van der Waals surface area contributed by atoms with Crippen molar-refractivity contribution in [2.24, 2.45) is 0 Å². The van der Waals surface area contributed by atoms with E-state index in [1.54, 1.807) is 6.20 Å². The van der Waals surface area contributed by atoms with E-state index in [1.165, 1.54) is 0 Å². The van der Waals surface area contributed by atoms with Gasteiger partial charge in [-0.15, -0.1) is 22.0 Å². The monoisotopic (exact) mass is 215 g/mol. The van der Waals surface area contributed by atoms with E-state index in [4.69, 9.17) is 0 Å². The Kier molecular flexibility index (Phi) is 3.01. The number of rotatable bonds is 3. The number of aryl methyl sites for hydroxylation is 1. The smallest absolute Gasteiger partial charge is 0.203 e. The van der Waals surface area contributed by atoms with Crippen LogP contribution in [0, 0.1) is 18.8 Å². The second-order valence-corrected chi connectivity index (χ2v) is 3.32. The Morgan fingerprint density at radius 1 is 1.44 bits per heavy atom. The lowest BCUT2D eigenvalue weighted by atomic mass is 10.4. The summed E-state index contributed by atoms with van der Waals surface area (Å²) in [6, 6.07) is 0. The molecule has 0 fully saturated rings. The van der Waals surface area contributed by atoms with E-state index in [0.717, 1.165) is 30.3 Å². The maximum absolute atomic E-state index is 4.24. The number of hydrogen-bond donors (Lipinski definition) is 1. The molecule has 0 atom stereocenters. The lowest BCUT2D eigenvalue weighted by Gasteiger charge is -2.03. The van der Waals surface area contributed by atoms with Crippen LogP contribution in [-0.4, -0.2) is 26.1 Å². The van der Waals surface area contributed by atoms with Gasteiger partial charge in [-0.3, -0.25) is 4.40 Å². The largest absolute Gasteiger partial charge is 0.366 e. The van der Waals surface area contributed by atoms with Gasteiger partial charge in [0.1, 0.15) is 5.82 Å². The van der Waals surface area contributed by atoms with E-state index >= 15 is 0 Å². The average molecular weight is 215 g/mol. The number of nitrogens with zero attached hydrogens (tertiary/aromatic N) is 4. The lowest BCUT2D eigenvalue weighted by Crippen LogP contribution is -2.04. The van der Waals surface area contributed by atoms with Crippen LogP contribution in [0.1, 0.15) is 19.2 Å². The van der Waals surface area contributed by atoms with E-state index in [9.17, 15) is 0 Å². The summed E-state index contributed by atoms with van der Waals surface area (Å²) in [4.78, 5) is 4.24. The average Bonchev–Trinajstić information content (AvgIpc) is 2.68. The number of anilines is 1. The van der Waals surface area contributed by atoms with Crippen LogP contribution in [0.3, 0.4) is 0 Å². The predicted octanol–water partition coefficient (Wildman–Crippen LogP) is 1.26. The van der Waals surface area contributed by atoms with Crippen LogP contribution in [0.5, 0.6) is 0 Å². The van der Waals surface area contributed by atoms with Crippen molar-refractivity contribution in [3.8, 4) is 11.8 Å². The van der Waals surface area contributed by atoms with Crippen LogP contribution in [0.25, 0.3) is 5.65 Å². The van der Waals surface area contributed by atoms with Crippen molar-refractivity contribution in [3.63, 3.8) is 0 Å². The molecule has 0 aromatic carbocycles. The van der Waals surface area contributed by atoms with Crippen molar-refractivity contribution in [2.45, 2.75) is 20.3 Å². The van der Waals surface area contributed by atoms with E-state index in [-0.39, 0.29) is 0 Å². The number of fused-ring (bicyclic) bond motifs is 1. The van der Waals surface area contributed by atoms with Gasteiger partial charge in [0.15, 0.2) is 5.82 Å². The highest BCUT2D eigenvalue weighted by atomic mass is 15.3. The molecular weight excluding hydrogens is 202 g/mol. The molecule has 2 heterocycles. The molecule has 2 rings (SSSR count). The standard InChI is InChI=1S/C11H13N5/c1-3-4-5-6-12-10-11-15-14-9(2)16(11)8-7-13-10/h7-8H,5-6H2,1-2H3,(H,12,13). The minimum absolute atomic E-state index is 0.751. The molecule has 2 aromatic heterocycles. The molecule has 5 heteroatoms. The summed E-state index contributed by atoms with van der Waals surface area (Å²) in [6.07, 6.45) is 4.38. The van der Waals surface area contributed by atoms with Crippen LogP contribution in [-0.2, 0) is 0 Å². The Morgan fingerprint density at radius 3 is 3.12 bits per heavy atom. The van der Waals surface area contributed by atoms with Gasteiger partial charge in [0, 0.05) is 25.4 Å². The fourth-order valence-electron chi connectivity index (χ4n) is 1.43. The normalized spacial score (nSPS) is 9.88. The molecule has 0 spiro atoms. The summed E-state index contributed by atoms with van der Waals surface area (Å²) < 4.78 is 1.90. The fourth-order valence-corrected chi connectivity index (χ4v) is 1.43. The van der Waals surface area contributed by atoms with Crippen molar-refractivity contribution >= 4 is 11.5 Å². The van der Waals surface area contributed by atoms with E-state index in [0.29, 0.717) is 0 Å². The SMILES string of the molecule is CC#CCCNc1nccn2c(C)nnc12. The first kappa shape index (κ1) is 10.4. The zero-order valence-corrected chi connectivity index (χ0v) is 9.36. The van der Waals surface area contributed by atoms with Gasteiger partial charge in [-0.25, -0.2) is 4.98 Å². The van der Waals surface area contributed by atoms with Crippen LogP contribution < -0.4 is 5.32 Å². The third-order valence-electron chi connectivity index (χ3n) is 2.22. The predicted molar refractivity (Wildman–Crippen MR) is 62.1 cm³/mol. The molecule has 0 aliphatic heterocycles. The Bertz CT molecular complexity index is 546. The molecule has 0 aliphatic carbocycles. The first-order valence-electron chi connectivity index (χ1n) is 5.12. The van der Waals surface area contributed by atoms with Gasteiger partial charge >= 0.3 is 0 Å². The van der Waals surface area contributed by atoms with E-state index in [1.807, 2.05) is 24.4 Å².